The molecule has 2 aromatic carbocycles. The van der Waals surface area contributed by atoms with Crippen LogP contribution in [-0.4, -0.2) is 6.29 Å². The lowest BCUT2D eigenvalue weighted by molar-refractivity contribution is 0.0455. The Kier molecular flexibility index (Phi) is 2.54. The van der Waals surface area contributed by atoms with Crippen LogP contribution in [0.1, 0.15) is 5.56 Å². The van der Waals surface area contributed by atoms with Crippen molar-refractivity contribution in [3.63, 3.8) is 0 Å². The summed E-state index contributed by atoms with van der Waals surface area (Å²) >= 11 is 0. The lowest BCUT2D eigenvalue weighted by Crippen LogP contribution is -2.23. The quantitative estimate of drug-likeness (QED) is 0.777. The number of rotatable bonds is 2. The Morgan fingerprint density at radius 2 is 1.65 bits per heavy atom. The Balaban J connectivity index is 1.77. The van der Waals surface area contributed by atoms with Crippen LogP contribution < -0.4 is 9.47 Å². The third-order valence-corrected chi connectivity index (χ3v) is 2.59. The molecule has 0 radical (unpaired) electrons. The fourth-order valence-electron chi connectivity index (χ4n) is 1.77. The molecule has 1 atom stereocenters. The van der Waals surface area contributed by atoms with Crippen LogP contribution in [0.25, 0.3) is 6.08 Å². The predicted molar refractivity (Wildman–Crippen MR) is 67.0 cm³/mol. The molecule has 84 valence electrons. The molecule has 0 fully saturated rings. The van der Waals surface area contributed by atoms with E-state index in [0.29, 0.717) is 0 Å². The van der Waals surface area contributed by atoms with Gasteiger partial charge in [0.2, 0.25) is 0 Å². The number of para-hydroxylation sites is 2. The molecule has 0 aromatic heterocycles. The lowest BCUT2D eigenvalue weighted by atomic mass is 10.1. The van der Waals surface area contributed by atoms with Gasteiger partial charge in [-0.3, -0.25) is 0 Å². The van der Waals surface area contributed by atoms with Crippen molar-refractivity contribution in [3.05, 3.63) is 66.2 Å². The summed E-state index contributed by atoms with van der Waals surface area (Å²) in [6.07, 6.45) is 3.58. The molecular formula is C15H12O2. The van der Waals surface area contributed by atoms with Gasteiger partial charge in [-0.25, -0.2) is 0 Å². The Morgan fingerprint density at radius 3 is 2.53 bits per heavy atom. The lowest BCUT2D eigenvalue weighted by Gasteiger charge is -2.22. The number of benzene rings is 2. The van der Waals surface area contributed by atoms with E-state index in [1.807, 2.05) is 66.7 Å². The Labute approximate surface area is 100 Å². The standard InChI is InChI=1S/C15H12O2/c1-2-7-13(8-3-1)16-15-11-10-12-6-4-5-9-14(12)17-15/h1-11,15H. The van der Waals surface area contributed by atoms with Gasteiger partial charge >= 0.3 is 0 Å². The van der Waals surface area contributed by atoms with E-state index in [1.54, 1.807) is 0 Å². The van der Waals surface area contributed by atoms with Crippen molar-refractivity contribution >= 4 is 6.08 Å². The van der Waals surface area contributed by atoms with Crippen molar-refractivity contribution in [1.29, 1.82) is 0 Å². The molecule has 17 heavy (non-hydrogen) atoms. The van der Waals surface area contributed by atoms with Gasteiger partial charge in [-0.2, -0.15) is 0 Å². The highest BCUT2D eigenvalue weighted by atomic mass is 16.7. The highest BCUT2D eigenvalue weighted by molar-refractivity contribution is 5.59. The maximum Gasteiger partial charge on any atom is 0.260 e. The summed E-state index contributed by atoms with van der Waals surface area (Å²) in [4.78, 5) is 0. The van der Waals surface area contributed by atoms with Gasteiger partial charge in [-0.05, 0) is 30.4 Å². The van der Waals surface area contributed by atoms with E-state index in [-0.39, 0.29) is 6.29 Å². The average Bonchev–Trinajstić information content (AvgIpc) is 2.40. The van der Waals surface area contributed by atoms with Crippen molar-refractivity contribution in [2.45, 2.75) is 6.29 Å². The molecular weight excluding hydrogens is 212 g/mol. The van der Waals surface area contributed by atoms with Gasteiger partial charge in [-0.15, -0.1) is 0 Å². The maximum atomic E-state index is 5.73. The molecule has 0 amide bonds. The predicted octanol–water partition coefficient (Wildman–Crippen LogP) is 3.50. The number of ether oxygens (including phenoxy) is 2. The van der Waals surface area contributed by atoms with Gasteiger partial charge in [0.05, 0.1) is 0 Å². The SMILES string of the molecule is C1=CC(Oc2ccccc2)Oc2ccccc21. The Bertz CT molecular complexity index is 532. The van der Waals surface area contributed by atoms with Crippen LogP contribution >= 0.6 is 0 Å². The number of fused-ring (bicyclic) bond motifs is 1. The first kappa shape index (κ1) is 9.97. The highest BCUT2D eigenvalue weighted by Crippen LogP contribution is 2.26. The van der Waals surface area contributed by atoms with Gasteiger partial charge in [0, 0.05) is 5.56 Å². The summed E-state index contributed by atoms with van der Waals surface area (Å²) in [5, 5.41) is 0. The molecule has 2 heteroatoms. The van der Waals surface area contributed by atoms with Crippen molar-refractivity contribution in [2.75, 3.05) is 0 Å². The monoisotopic (exact) mass is 224 g/mol. The summed E-state index contributed by atoms with van der Waals surface area (Å²) in [6, 6.07) is 17.6. The molecule has 1 heterocycles. The zero-order valence-electron chi connectivity index (χ0n) is 9.24. The summed E-state index contributed by atoms with van der Waals surface area (Å²) < 4.78 is 11.4. The van der Waals surface area contributed by atoms with Crippen LogP contribution in [0.15, 0.2) is 60.7 Å². The molecule has 0 spiro atoms. The van der Waals surface area contributed by atoms with Crippen LogP contribution in [-0.2, 0) is 0 Å². The molecule has 1 aliphatic heterocycles. The molecule has 1 unspecified atom stereocenters. The normalized spacial score (nSPS) is 17.1. The second-order valence-corrected chi connectivity index (χ2v) is 3.81. The summed E-state index contributed by atoms with van der Waals surface area (Å²) in [7, 11) is 0. The van der Waals surface area contributed by atoms with Crippen LogP contribution in [0.3, 0.4) is 0 Å². The van der Waals surface area contributed by atoms with Crippen LogP contribution in [0.5, 0.6) is 11.5 Å². The van der Waals surface area contributed by atoms with E-state index in [2.05, 4.69) is 0 Å². The number of hydrogen-bond donors (Lipinski definition) is 0. The molecule has 3 rings (SSSR count). The van der Waals surface area contributed by atoms with Gasteiger partial charge in [0.15, 0.2) is 0 Å². The summed E-state index contributed by atoms with van der Waals surface area (Å²) in [6.45, 7) is 0. The Morgan fingerprint density at radius 1 is 0.882 bits per heavy atom. The first-order chi connectivity index (χ1) is 8.42. The van der Waals surface area contributed by atoms with Crippen LogP contribution in [0, 0.1) is 0 Å². The summed E-state index contributed by atoms with van der Waals surface area (Å²) in [5.41, 5.74) is 1.08. The van der Waals surface area contributed by atoms with Gasteiger partial charge < -0.3 is 9.47 Å². The molecule has 0 aliphatic carbocycles. The zero-order chi connectivity index (χ0) is 11.5. The third-order valence-electron chi connectivity index (χ3n) is 2.59. The van der Waals surface area contributed by atoms with E-state index >= 15 is 0 Å². The van der Waals surface area contributed by atoms with Crippen molar-refractivity contribution in [2.24, 2.45) is 0 Å². The second kappa shape index (κ2) is 4.34. The van der Waals surface area contributed by atoms with E-state index in [0.717, 1.165) is 17.1 Å². The average molecular weight is 224 g/mol. The molecule has 1 aliphatic rings. The van der Waals surface area contributed by atoms with Gasteiger partial charge in [0.1, 0.15) is 11.5 Å². The topological polar surface area (TPSA) is 18.5 Å². The maximum absolute atomic E-state index is 5.73. The van der Waals surface area contributed by atoms with E-state index in [1.165, 1.54) is 0 Å². The fourth-order valence-corrected chi connectivity index (χ4v) is 1.77. The van der Waals surface area contributed by atoms with E-state index in [4.69, 9.17) is 9.47 Å². The Hall–Kier alpha value is -2.22. The molecule has 0 saturated carbocycles. The van der Waals surface area contributed by atoms with Gasteiger partial charge in [-0.1, -0.05) is 36.4 Å². The highest BCUT2D eigenvalue weighted by Gasteiger charge is 2.14. The van der Waals surface area contributed by atoms with Crippen molar-refractivity contribution in [3.8, 4) is 11.5 Å². The molecule has 0 saturated heterocycles. The first-order valence-electron chi connectivity index (χ1n) is 5.57. The van der Waals surface area contributed by atoms with Crippen molar-refractivity contribution < 1.29 is 9.47 Å². The second-order valence-electron chi connectivity index (χ2n) is 3.81. The van der Waals surface area contributed by atoms with Crippen LogP contribution in [0.4, 0.5) is 0 Å². The molecule has 2 nitrogen and oxygen atoms in total. The minimum atomic E-state index is -0.354. The molecule has 2 aromatic rings. The van der Waals surface area contributed by atoms with Crippen molar-refractivity contribution in [1.82, 2.24) is 0 Å². The van der Waals surface area contributed by atoms with E-state index < -0.39 is 0 Å². The first-order valence-corrected chi connectivity index (χ1v) is 5.57. The summed E-state index contributed by atoms with van der Waals surface area (Å²) in [5.74, 6) is 1.66. The van der Waals surface area contributed by atoms with Crippen LogP contribution in [0.2, 0.25) is 0 Å². The van der Waals surface area contributed by atoms with E-state index in [9.17, 15) is 0 Å². The smallest absolute Gasteiger partial charge is 0.260 e. The van der Waals surface area contributed by atoms with Gasteiger partial charge in [0.25, 0.3) is 6.29 Å². The number of hydrogen-bond acceptors (Lipinski definition) is 2. The molecule has 0 N–H and O–H groups in total. The minimum absolute atomic E-state index is 0.354. The zero-order valence-corrected chi connectivity index (χ0v) is 9.24. The molecule has 0 bridgehead atoms. The third kappa shape index (κ3) is 2.16. The largest absolute Gasteiger partial charge is 0.451 e. The minimum Gasteiger partial charge on any atom is -0.451 e. The fraction of sp³-hybridized carbons (Fsp3) is 0.0667.